The number of aliphatic hydroxyl groups is 1. The molecule has 0 radical (unpaired) electrons. The number of hydrogen-bond donors (Lipinski definition) is 1. The van der Waals surface area contributed by atoms with Crippen LogP contribution in [0, 0.1) is 0 Å². The fourth-order valence-electron chi connectivity index (χ4n) is 1.67. The van der Waals surface area contributed by atoms with E-state index in [-0.39, 0.29) is 18.2 Å². The van der Waals surface area contributed by atoms with E-state index in [1.165, 1.54) is 5.56 Å². The van der Waals surface area contributed by atoms with Crippen molar-refractivity contribution in [3.63, 3.8) is 0 Å². The van der Waals surface area contributed by atoms with Gasteiger partial charge in [0.05, 0.1) is 6.10 Å². The minimum absolute atomic E-state index is 0.130. The summed E-state index contributed by atoms with van der Waals surface area (Å²) < 4.78 is 0. The summed E-state index contributed by atoms with van der Waals surface area (Å²) in [6.07, 6.45) is -0.334. The standard InChI is InChI=1S/C13H20ClNO/c1-9(11(3)16)15(4)10(2)12-5-7-13(14)8-6-12/h5-11,16H,1-4H3. The Morgan fingerprint density at radius 3 is 2.06 bits per heavy atom. The zero-order valence-electron chi connectivity index (χ0n) is 10.3. The summed E-state index contributed by atoms with van der Waals surface area (Å²) in [5.41, 5.74) is 1.21. The molecule has 0 aliphatic heterocycles. The van der Waals surface area contributed by atoms with Gasteiger partial charge >= 0.3 is 0 Å². The molecule has 16 heavy (non-hydrogen) atoms. The summed E-state index contributed by atoms with van der Waals surface area (Å²) in [7, 11) is 2.02. The third kappa shape index (κ3) is 3.21. The van der Waals surface area contributed by atoms with Crippen LogP contribution in [0.25, 0.3) is 0 Å². The summed E-state index contributed by atoms with van der Waals surface area (Å²) in [6, 6.07) is 8.24. The number of benzene rings is 1. The highest BCUT2D eigenvalue weighted by Gasteiger charge is 2.20. The maximum Gasteiger partial charge on any atom is 0.0664 e. The van der Waals surface area contributed by atoms with Crippen LogP contribution < -0.4 is 0 Å². The molecule has 1 N–H and O–H groups in total. The average molecular weight is 242 g/mol. The topological polar surface area (TPSA) is 23.5 Å². The Balaban J connectivity index is 2.77. The maximum atomic E-state index is 9.57. The lowest BCUT2D eigenvalue weighted by Gasteiger charge is -2.32. The molecule has 2 nitrogen and oxygen atoms in total. The molecule has 1 aromatic rings. The first-order valence-electron chi connectivity index (χ1n) is 5.59. The van der Waals surface area contributed by atoms with Gasteiger partial charge in [0.25, 0.3) is 0 Å². The Hall–Kier alpha value is -0.570. The van der Waals surface area contributed by atoms with E-state index in [9.17, 15) is 5.11 Å². The lowest BCUT2D eigenvalue weighted by Crippen LogP contribution is -2.38. The fraction of sp³-hybridized carbons (Fsp3) is 0.538. The first-order chi connectivity index (χ1) is 7.43. The quantitative estimate of drug-likeness (QED) is 0.876. The SMILES string of the molecule is CC(O)C(C)N(C)C(C)c1ccc(Cl)cc1. The second-order valence-corrected chi connectivity index (χ2v) is 4.81. The van der Waals surface area contributed by atoms with Gasteiger partial charge < -0.3 is 5.11 Å². The van der Waals surface area contributed by atoms with Crippen molar-refractivity contribution in [2.45, 2.75) is 39.0 Å². The van der Waals surface area contributed by atoms with Crippen LogP contribution in [0.1, 0.15) is 32.4 Å². The smallest absolute Gasteiger partial charge is 0.0664 e. The van der Waals surface area contributed by atoms with Crippen molar-refractivity contribution in [1.82, 2.24) is 4.90 Å². The predicted molar refractivity (Wildman–Crippen MR) is 68.8 cm³/mol. The van der Waals surface area contributed by atoms with Crippen LogP contribution in [0.15, 0.2) is 24.3 Å². The van der Waals surface area contributed by atoms with Crippen LogP contribution in [0.4, 0.5) is 0 Å². The molecule has 0 spiro atoms. The summed E-state index contributed by atoms with van der Waals surface area (Å²) in [4.78, 5) is 2.16. The highest BCUT2D eigenvalue weighted by atomic mass is 35.5. The molecule has 0 saturated heterocycles. The number of nitrogens with zero attached hydrogens (tertiary/aromatic N) is 1. The number of hydrogen-bond acceptors (Lipinski definition) is 2. The van der Waals surface area contributed by atoms with Crippen molar-refractivity contribution in [3.05, 3.63) is 34.9 Å². The molecular formula is C13H20ClNO. The monoisotopic (exact) mass is 241 g/mol. The average Bonchev–Trinajstić information content (AvgIpc) is 2.27. The van der Waals surface area contributed by atoms with Crippen LogP contribution in [0.3, 0.4) is 0 Å². The molecule has 0 aromatic heterocycles. The van der Waals surface area contributed by atoms with E-state index >= 15 is 0 Å². The van der Waals surface area contributed by atoms with E-state index in [0.29, 0.717) is 0 Å². The zero-order chi connectivity index (χ0) is 12.3. The van der Waals surface area contributed by atoms with E-state index in [1.807, 2.05) is 45.2 Å². The van der Waals surface area contributed by atoms with Crippen molar-refractivity contribution >= 4 is 11.6 Å². The Kier molecular flexibility index (Phi) is 4.78. The lowest BCUT2D eigenvalue weighted by atomic mass is 10.0. The van der Waals surface area contributed by atoms with Crippen molar-refractivity contribution in [1.29, 1.82) is 0 Å². The normalized spacial score (nSPS) is 17.2. The van der Waals surface area contributed by atoms with Crippen LogP contribution in [0.5, 0.6) is 0 Å². The zero-order valence-corrected chi connectivity index (χ0v) is 11.1. The van der Waals surface area contributed by atoms with Gasteiger partial charge in [-0.25, -0.2) is 0 Å². The minimum Gasteiger partial charge on any atom is -0.392 e. The van der Waals surface area contributed by atoms with Crippen LogP contribution in [-0.4, -0.2) is 29.2 Å². The fourth-order valence-corrected chi connectivity index (χ4v) is 1.80. The summed E-state index contributed by atoms with van der Waals surface area (Å²) in [6.45, 7) is 5.97. The van der Waals surface area contributed by atoms with Gasteiger partial charge in [0.1, 0.15) is 0 Å². The van der Waals surface area contributed by atoms with Gasteiger partial charge in [0, 0.05) is 17.1 Å². The molecule has 0 amide bonds. The molecule has 0 heterocycles. The molecule has 1 rings (SSSR count). The molecule has 1 aromatic carbocycles. The Morgan fingerprint density at radius 1 is 1.12 bits per heavy atom. The number of likely N-dealkylation sites (N-methyl/N-ethyl adjacent to an activating group) is 1. The van der Waals surface area contributed by atoms with Crippen molar-refractivity contribution < 1.29 is 5.11 Å². The second kappa shape index (κ2) is 5.67. The Morgan fingerprint density at radius 2 is 1.62 bits per heavy atom. The van der Waals surface area contributed by atoms with Crippen molar-refractivity contribution in [3.8, 4) is 0 Å². The molecule has 3 unspecified atom stereocenters. The highest BCUT2D eigenvalue weighted by molar-refractivity contribution is 6.30. The molecule has 0 bridgehead atoms. The third-order valence-corrected chi connectivity index (χ3v) is 3.56. The molecule has 0 aliphatic carbocycles. The minimum atomic E-state index is -0.334. The molecule has 0 fully saturated rings. The van der Waals surface area contributed by atoms with E-state index in [0.717, 1.165) is 5.02 Å². The van der Waals surface area contributed by atoms with Gasteiger partial charge in [-0.1, -0.05) is 23.7 Å². The number of aliphatic hydroxyl groups excluding tert-OH is 1. The maximum absolute atomic E-state index is 9.57. The van der Waals surface area contributed by atoms with E-state index < -0.39 is 0 Å². The van der Waals surface area contributed by atoms with E-state index in [1.54, 1.807) is 0 Å². The molecule has 3 atom stereocenters. The molecular weight excluding hydrogens is 222 g/mol. The third-order valence-electron chi connectivity index (χ3n) is 3.30. The largest absolute Gasteiger partial charge is 0.392 e. The lowest BCUT2D eigenvalue weighted by molar-refractivity contribution is 0.0655. The molecule has 0 saturated carbocycles. The van der Waals surface area contributed by atoms with Crippen LogP contribution >= 0.6 is 11.6 Å². The summed E-state index contributed by atoms with van der Waals surface area (Å²) >= 11 is 5.86. The second-order valence-electron chi connectivity index (χ2n) is 4.37. The Labute approximate surface area is 103 Å². The first kappa shape index (κ1) is 13.5. The van der Waals surface area contributed by atoms with Crippen LogP contribution in [0.2, 0.25) is 5.02 Å². The summed E-state index contributed by atoms with van der Waals surface area (Å²) in [5.74, 6) is 0. The van der Waals surface area contributed by atoms with Gasteiger partial charge in [0.15, 0.2) is 0 Å². The molecule has 3 heteroatoms. The number of rotatable bonds is 4. The van der Waals surface area contributed by atoms with Crippen molar-refractivity contribution in [2.75, 3.05) is 7.05 Å². The van der Waals surface area contributed by atoms with Gasteiger partial charge in [-0.2, -0.15) is 0 Å². The van der Waals surface area contributed by atoms with E-state index in [4.69, 9.17) is 11.6 Å². The van der Waals surface area contributed by atoms with Gasteiger partial charge in [-0.3, -0.25) is 4.90 Å². The van der Waals surface area contributed by atoms with Gasteiger partial charge in [-0.05, 0) is 45.5 Å². The first-order valence-corrected chi connectivity index (χ1v) is 5.96. The highest BCUT2D eigenvalue weighted by Crippen LogP contribution is 2.23. The van der Waals surface area contributed by atoms with Crippen molar-refractivity contribution in [2.24, 2.45) is 0 Å². The molecule has 0 aliphatic rings. The predicted octanol–water partition coefficient (Wildman–Crippen LogP) is 3.10. The molecule has 90 valence electrons. The number of halogens is 1. The van der Waals surface area contributed by atoms with Crippen LogP contribution in [-0.2, 0) is 0 Å². The summed E-state index contributed by atoms with van der Waals surface area (Å²) in [5, 5.41) is 10.3. The van der Waals surface area contributed by atoms with Gasteiger partial charge in [-0.15, -0.1) is 0 Å². The van der Waals surface area contributed by atoms with Gasteiger partial charge in [0.2, 0.25) is 0 Å². The Bertz CT molecular complexity index is 323. The van der Waals surface area contributed by atoms with E-state index in [2.05, 4.69) is 11.8 Å².